The number of hydroxylamine groups is 2. The molecule has 0 bridgehead atoms. The first-order valence-corrected chi connectivity index (χ1v) is 13.2. The molecule has 1 aliphatic rings. The minimum Gasteiger partial charge on any atom is -0.626 e. The third-order valence-electron chi connectivity index (χ3n) is 7.50. The largest absolute Gasteiger partial charge is 0.626 e. The quantitative estimate of drug-likeness (QED) is 0.168. The summed E-state index contributed by atoms with van der Waals surface area (Å²) in [6.07, 6.45) is -6.44. The van der Waals surface area contributed by atoms with Crippen LogP contribution in [0.2, 0.25) is 5.02 Å². The second-order valence-electron chi connectivity index (χ2n) is 10.7. The number of pyridine rings is 1. The van der Waals surface area contributed by atoms with Gasteiger partial charge in [-0.05, 0) is 62.9 Å². The van der Waals surface area contributed by atoms with Gasteiger partial charge in [0.25, 0.3) is 0 Å². The molecule has 12 heteroatoms. The molecule has 1 aliphatic heterocycles. The molecule has 2 aromatic carbocycles. The molecule has 4 rings (SSSR count). The summed E-state index contributed by atoms with van der Waals surface area (Å²) < 4.78 is 80.6. The zero-order chi connectivity index (χ0) is 30.4. The third kappa shape index (κ3) is 6.22. The Morgan fingerprint density at radius 2 is 1.41 bits per heavy atom. The molecule has 0 aliphatic carbocycles. The number of nitrogens with zero attached hydrogens (tertiary/aromatic N) is 3. The van der Waals surface area contributed by atoms with Crippen LogP contribution >= 0.6 is 11.6 Å². The number of carbonyl (C=O) groups excluding carboxylic acids is 1. The van der Waals surface area contributed by atoms with Crippen LogP contribution in [0.1, 0.15) is 49.8 Å². The van der Waals surface area contributed by atoms with Gasteiger partial charge in [-0.1, -0.05) is 29.8 Å². The fraction of sp³-hybridized carbons (Fsp3) is 0.379. The van der Waals surface area contributed by atoms with Crippen molar-refractivity contribution in [3.8, 4) is 11.1 Å². The van der Waals surface area contributed by atoms with Gasteiger partial charge in [-0.15, -0.1) is 0 Å². The first kappa shape index (κ1) is 30.8. The van der Waals surface area contributed by atoms with Crippen molar-refractivity contribution in [1.82, 2.24) is 9.63 Å². The number of quaternary nitrogens is 1. The van der Waals surface area contributed by atoms with E-state index < -0.39 is 45.0 Å². The lowest BCUT2D eigenvalue weighted by Crippen LogP contribution is -2.48. The zero-order valence-electron chi connectivity index (χ0n) is 22.5. The van der Waals surface area contributed by atoms with E-state index in [9.17, 15) is 36.3 Å². The number of aromatic nitrogens is 1. The number of rotatable bonds is 5. The fourth-order valence-corrected chi connectivity index (χ4v) is 5.28. The van der Waals surface area contributed by atoms with Gasteiger partial charge in [-0.3, -0.25) is 4.79 Å². The van der Waals surface area contributed by atoms with Gasteiger partial charge in [-0.25, -0.2) is 4.98 Å². The standard InChI is InChI=1S/C29H28ClF6N3O2/c1-27(2,18-13-19(28(31,32)33)15-20(14-18)29(34,35)36)26(40)38(3)24-17-37-25(39(41)11-7-4-8-12-39)16-22(24)21-9-5-6-10-23(21)30/h5-6,9-10,13-17H,4,7-8,11-12H2,1-3H3. The highest BCUT2D eigenvalue weighted by atomic mass is 35.5. The lowest BCUT2D eigenvalue weighted by molar-refractivity contribution is -0.143. The summed E-state index contributed by atoms with van der Waals surface area (Å²) >= 11 is 6.47. The summed E-state index contributed by atoms with van der Waals surface area (Å²) in [5.41, 5.74) is -4.27. The van der Waals surface area contributed by atoms with Crippen molar-refractivity contribution in [3.05, 3.63) is 81.6 Å². The topological polar surface area (TPSA) is 56.3 Å². The third-order valence-corrected chi connectivity index (χ3v) is 7.83. The molecule has 220 valence electrons. The molecular formula is C29H28ClF6N3O2. The molecule has 0 spiro atoms. The van der Waals surface area contributed by atoms with Crippen LogP contribution < -0.4 is 9.55 Å². The van der Waals surface area contributed by atoms with Crippen molar-refractivity contribution in [3.63, 3.8) is 0 Å². The normalized spacial score (nSPS) is 16.0. The Hall–Kier alpha value is -3.15. The maximum absolute atomic E-state index is 13.8. The molecular weight excluding hydrogens is 572 g/mol. The second kappa shape index (κ2) is 10.9. The van der Waals surface area contributed by atoms with E-state index in [0.29, 0.717) is 41.4 Å². The van der Waals surface area contributed by atoms with Gasteiger partial charge in [0, 0.05) is 29.3 Å². The molecule has 0 unspecified atom stereocenters. The highest BCUT2D eigenvalue weighted by molar-refractivity contribution is 6.33. The van der Waals surface area contributed by atoms with E-state index in [1.165, 1.54) is 27.1 Å². The summed E-state index contributed by atoms with van der Waals surface area (Å²) in [4.78, 5) is 19.3. The van der Waals surface area contributed by atoms with E-state index in [1.54, 1.807) is 30.3 Å². The minimum absolute atomic E-state index is 0.0220. The summed E-state index contributed by atoms with van der Waals surface area (Å²) in [5.74, 6) is -0.576. The number of halogens is 7. The summed E-state index contributed by atoms with van der Waals surface area (Å²) in [7, 11) is 1.35. The Balaban J connectivity index is 1.83. The van der Waals surface area contributed by atoms with Crippen LogP contribution in [0.5, 0.6) is 0 Å². The Bertz CT molecular complexity index is 1420. The molecule has 3 aromatic rings. The van der Waals surface area contributed by atoms with E-state index in [2.05, 4.69) is 4.98 Å². The number of anilines is 1. The van der Waals surface area contributed by atoms with Gasteiger partial charge in [0.2, 0.25) is 11.7 Å². The van der Waals surface area contributed by atoms with Crippen LogP contribution in [-0.4, -0.2) is 31.0 Å². The average molecular weight is 600 g/mol. The number of amides is 1. The van der Waals surface area contributed by atoms with Crippen LogP contribution in [-0.2, 0) is 22.6 Å². The fourth-order valence-electron chi connectivity index (χ4n) is 5.04. The molecule has 41 heavy (non-hydrogen) atoms. The van der Waals surface area contributed by atoms with Crippen LogP contribution in [0.4, 0.5) is 37.8 Å². The number of carbonyl (C=O) groups is 1. The van der Waals surface area contributed by atoms with Gasteiger partial charge >= 0.3 is 12.4 Å². The molecule has 1 saturated heterocycles. The Morgan fingerprint density at radius 1 is 0.878 bits per heavy atom. The van der Waals surface area contributed by atoms with Crippen molar-refractivity contribution in [2.45, 2.75) is 50.9 Å². The number of alkyl halides is 6. The predicted octanol–water partition coefficient (Wildman–Crippen LogP) is 8.37. The van der Waals surface area contributed by atoms with E-state index in [4.69, 9.17) is 11.6 Å². The summed E-state index contributed by atoms with van der Waals surface area (Å²) in [5, 5.41) is 13.9. The van der Waals surface area contributed by atoms with Gasteiger partial charge in [0.1, 0.15) is 0 Å². The second-order valence-corrected chi connectivity index (χ2v) is 11.1. The molecule has 0 radical (unpaired) electrons. The highest BCUT2D eigenvalue weighted by Gasteiger charge is 2.41. The molecule has 5 nitrogen and oxygen atoms in total. The van der Waals surface area contributed by atoms with E-state index in [-0.39, 0.29) is 17.6 Å². The number of piperidine rings is 1. The first-order valence-electron chi connectivity index (χ1n) is 12.9. The monoisotopic (exact) mass is 599 g/mol. The molecule has 1 amide bonds. The maximum Gasteiger partial charge on any atom is 0.416 e. The molecule has 1 aromatic heterocycles. The number of benzene rings is 2. The van der Waals surface area contributed by atoms with Crippen LogP contribution in [0.3, 0.4) is 0 Å². The van der Waals surface area contributed by atoms with Crippen LogP contribution in [0.25, 0.3) is 11.1 Å². The minimum atomic E-state index is -5.07. The summed E-state index contributed by atoms with van der Waals surface area (Å²) in [6, 6.07) is 9.40. The molecule has 1 fully saturated rings. The molecule has 2 heterocycles. The van der Waals surface area contributed by atoms with E-state index in [1.807, 2.05) is 0 Å². The number of likely N-dealkylation sites (N-methyl/N-ethyl adjacent to an activating group) is 1. The Labute approximate surface area is 238 Å². The van der Waals surface area contributed by atoms with Crippen molar-refractivity contribution < 1.29 is 31.1 Å². The Morgan fingerprint density at radius 3 is 1.95 bits per heavy atom. The van der Waals surface area contributed by atoms with Crippen LogP contribution in [0.15, 0.2) is 54.7 Å². The zero-order valence-corrected chi connectivity index (χ0v) is 23.3. The van der Waals surface area contributed by atoms with Gasteiger partial charge in [0.15, 0.2) is 0 Å². The first-order chi connectivity index (χ1) is 18.9. The number of hydrogen-bond acceptors (Lipinski definition) is 3. The van der Waals surface area contributed by atoms with Crippen molar-refractivity contribution in [1.29, 1.82) is 0 Å². The predicted molar refractivity (Wildman–Crippen MR) is 146 cm³/mol. The maximum atomic E-state index is 13.8. The van der Waals surface area contributed by atoms with Crippen LogP contribution in [0, 0.1) is 5.21 Å². The smallest absolute Gasteiger partial charge is 0.416 e. The molecule has 0 saturated carbocycles. The molecule has 0 atom stereocenters. The van der Waals surface area contributed by atoms with Crippen molar-refractivity contribution in [2.24, 2.45) is 0 Å². The highest BCUT2D eigenvalue weighted by Crippen LogP contribution is 2.42. The SMILES string of the molecule is CN(C(=O)C(C)(C)c1cc(C(F)(F)F)cc(C(F)(F)F)c1)c1cnc([N+]2([O-])CCCCC2)cc1-c1ccccc1Cl. The summed E-state index contributed by atoms with van der Waals surface area (Å²) in [6.45, 7) is 3.16. The lowest BCUT2D eigenvalue weighted by atomic mass is 9.81. The average Bonchev–Trinajstić information content (AvgIpc) is 2.91. The lowest BCUT2D eigenvalue weighted by Gasteiger charge is -2.44. The molecule has 0 N–H and O–H groups in total. The number of hydrogen-bond donors (Lipinski definition) is 0. The van der Waals surface area contributed by atoms with Gasteiger partial charge in [-0.2, -0.15) is 26.3 Å². The van der Waals surface area contributed by atoms with E-state index in [0.717, 1.165) is 24.2 Å². The van der Waals surface area contributed by atoms with Crippen molar-refractivity contribution >= 4 is 29.0 Å². The Kier molecular flexibility index (Phi) is 8.20. The van der Waals surface area contributed by atoms with E-state index >= 15 is 0 Å². The van der Waals surface area contributed by atoms with Gasteiger partial charge < -0.3 is 14.8 Å². The van der Waals surface area contributed by atoms with Crippen molar-refractivity contribution in [2.75, 3.05) is 25.0 Å². The van der Waals surface area contributed by atoms with Gasteiger partial charge in [0.05, 0.1) is 41.5 Å².